The molecule has 4 nitrogen and oxygen atoms in total. The molecule has 1 aliphatic carbocycles. The lowest BCUT2D eigenvalue weighted by molar-refractivity contribution is -0.196. The number of benzene rings is 1. The Bertz CT molecular complexity index is 495. The van der Waals surface area contributed by atoms with Gasteiger partial charge in [-0.3, -0.25) is 0 Å². The molecule has 122 valence electrons. The molecule has 22 heavy (non-hydrogen) atoms. The van der Waals surface area contributed by atoms with E-state index in [2.05, 4.69) is 5.32 Å². The number of ether oxygens (including phenoxy) is 2. The van der Waals surface area contributed by atoms with E-state index in [-0.39, 0.29) is 23.9 Å². The van der Waals surface area contributed by atoms with Crippen molar-refractivity contribution in [1.29, 1.82) is 0 Å². The molecule has 1 aromatic rings. The third-order valence-corrected chi connectivity index (χ3v) is 4.94. The van der Waals surface area contributed by atoms with Gasteiger partial charge in [-0.15, -0.1) is 0 Å². The molecule has 1 aromatic carbocycles. The molecule has 0 aromatic heterocycles. The quantitative estimate of drug-likeness (QED) is 0.897. The summed E-state index contributed by atoms with van der Waals surface area (Å²) in [5.74, 6) is -0.0338. The van der Waals surface area contributed by atoms with Crippen LogP contribution in [0, 0.1) is 11.7 Å². The number of hydrogen-bond donors (Lipinski definition) is 2. The van der Waals surface area contributed by atoms with Crippen molar-refractivity contribution in [3.63, 3.8) is 0 Å². The topological polar surface area (TPSA) is 50.7 Å². The van der Waals surface area contributed by atoms with Gasteiger partial charge in [0.1, 0.15) is 11.4 Å². The lowest BCUT2D eigenvalue weighted by Gasteiger charge is -2.51. The number of hydrogen-bond acceptors (Lipinski definition) is 4. The number of methoxy groups -OCH3 is 1. The Kier molecular flexibility index (Phi) is 4.66. The lowest BCUT2D eigenvalue weighted by Crippen LogP contribution is -2.64. The van der Waals surface area contributed by atoms with E-state index in [1.54, 1.807) is 19.2 Å². The fourth-order valence-electron chi connectivity index (χ4n) is 3.88. The summed E-state index contributed by atoms with van der Waals surface area (Å²) in [4.78, 5) is 0. The normalized spacial score (nSPS) is 35.0. The van der Waals surface area contributed by atoms with Crippen molar-refractivity contribution in [2.75, 3.05) is 25.6 Å². The van der Waals surface area contributed by atoms with Crippen LogP contribution in [-0.2, 0) is 9.47 Å². The Morgan fingerprint density at radius 3 is 2.86 bits per heavy atom. The first-order valence-corrected chi connectivity index (χ1v) is 7.98. The largest absolute Gasteiger partial charge is 0.385 e. The van der Waals surface area contributed by atoms with Crippen LogP contribution in [0.2, 0.25) is 0 Å². The smallest absolute Gasteiger partial charge is 0.123 e. The highest BCUT2D eigenvalue weighted by Gasteiger charge is 2.52. The van der Waals surface area contributed by atoms with Crippen LogP contribution in [0.25, 0.3) is 0 Å². The molecule has 1 aliphatic heterocycles. The average Bonchev–Trinajstić information content (AvgIpc) is 2.52. The van der Waals surface area contributed by atoms with E-state index in [9.17, 15) is 9.50 Å². The third kappa shape index (κ3) is 2.98. The van der Waals surface area contributed by atoms with Crippen molar-refractivity contribution in [3.8, 4) is 0 Å². The lowest BCUT2D eigenvalue weighted by atomic mass is 9.69. The molecule has 1 heterocycles. The number of nitrogens with one attached hydrogen (secondary N) is 1. The average molecular weight is 309 g/mol. The van der Waals surface area contributed by atoms with Gasteiger partial charge in [-0.2, -0.15) is 0 Å². The van der Waals surface area contributed by atoms with Crippen molar-refractivity contribution in [3.05, 3.63) is 30.1 Å². The molecule has 2 unspecified atom stereocenters. The number of fused-ring (bicyclic) bond motifs is 1. The van der Waals surface area contributed by atoms with Crippen LogP contribution in [0.15, 0.2) is 24.3 Å². The zero-order valence-corrected chi connectivity index (χ0v) is 12.9. The standard InChI is InChI=1S/C17H24FNO3/c1-21-11-12-3-8-15(17(20)9-2-10-22-16(12)17)19-14-6-4-13(18)5-7-14/h4-7,12,15-16,19-20H,2-3,8-11H2,1H3/t12?,15-,16?,17+/m0/s1. The number of halogens is 1. The van der Waals surface area contributed by atoms with Crippen LogP contribution in [0.5, 0.6) is 0 Å². The maximum atomic E-state index is 13.0. The van der Waals surface area contributed by atoms with Crippen LogP contribution >= 0.6 is 0 Å². The summed E-state index contributed by atoms with van der Waals surface area (Å²) in [7, 11) is 1.69. The van der Waals surface area contributed by atoms with Crippen LogP contribution in [0.4, 0.5) is 10.1 Å². The zero-order chi connectivity index (χ0) is 15.6. The number of aliphatic hydroxyl groups is 1. The predicted octanol–water partition coefficient (Wildman–Crippen LogP) is 2.57. The van der Waals surface area contributed by atoms with E-state index in [1.807, 2.05) is 0 Å². The van der Waals surface area contributed by atoms with Crippen molar-refractivity contribution >= 4 is 5.69 Å². The molecule has 4 atom stereocenters. The van der Waals surface area contributed by atoms with E-state index in [1.165, 1.54) is 12.1 Å². The van der Waals surface area contributed by atoms with Gasteiger partial charge in [0.05, 0.1) is 18.8 Å². The molecule has 2 N–H and O–H groups in total. The zero-order valence-electron chi connectivity index (χ0n) is 12.9. The summed E-state index contributed by atoms with van der Waals surface area (Å²) < 4.78 is 24.2. The summed E-state index contributed by atoms with van der Waals surface area (Å²) >= 11 is 0. The fourth-order valence-corrected chi connectivity index (χ4v) is 3.88. The minimum absolute atomic E-state index is 0.0867. The second kappa shape index (κ2) is 6.52. The minimum Gasteiger partial charge on any atom is -0.385 e. The number of rotatable bonds is 4. The molecule has 0 amide bonds. The van der Waals surface area contributed by atoms with E-state index in [0.29, 0.717) is 13.2 Å². The first-order valence-electron chi connectivity index (χ1n) is 7.98. The Morgan fingerprint density at radius 1 is 1.36 bits per heavy atom. The molecule has 1 saturated heterocycles. The SMILES string of the molecule is COCC1CC[C@H](Nc2ccc(F)cc2)[C@]2(O)CCCOC12. The van der Waals surface area contributed by atoms with E-state index < -0.39 is 5.60 Å². The van der Waals surface area contributed by atoms with Gasteiger partial charge in [-0.1, -0.05) is 0 Å². The second-order valence-electron chi connectivity index (χ2n) is 6.38. The summed E-state index contributed by atoms with van der Waals surface area (Å²) in [6, 6.07) is 6.18. The minimum atomic E-state index is -0.895. The van der Waals surface area contributed by atoms with Gasteiger partial charge in [0.2, 0.25) is 0 Å². The summed E-state index contributed by atoms with van der Waals surface area (Å²) in [6.07, 6.45) is 3.17. The third-order valence-electron chi connectivity index (χ3n) is 4.94. The van der Waals surface area contributed by atoms with Gasteiger partial charge >= 0.3 is 0 Å². The monoisotopic (exact) mass is 309 g/mol. The molecular weight excluding hydrogens is 285 g/mol. The first-order chi connectivity index (χ1) is 10.6. The van der Waals surface area contributed by atoms with Crippen molar-refractivity contribution in [2.45, 2.75) is 43.4 Å². The summed E-state index contributed by atoms with van der Waals surface area (Å²) in [6.45, 7) is 1.30. The van der Waals surface area contributed by atoms with E-state index in [0.717, 1.165) is 31.4 Å². The molecule has 2 aliphatic rings. The Morgan fingerprint density at radius 2 is 2.14 bits per heavy atom. The molecule has 0 bridgehead atoms. The van der Waals surface area contributed by atoms with Crippen LogP contribution in [-0.4, -0.2) is 43.2 Å². The first kappa shape index (κ1) is 15.7. The van der Waals surface area contributed by atoms with E-state index >= 15 is 0 Å². The van der Waals surface area contributed by atoms with Gasteiger partial charge in [0.25, 0.3) is 0 Å². The molecule has 1 saturated carbocycles. The molecule has 3 rings (SSSR count). The van der Waals surface area contributed by atoms with Gasteiger partial charge in [-0.25, -0.2) is 4.39 Å². The second-order valence-corrected chi connectivity index (χ2v) is 6.38. The fraction of sp³-hybridized carbons (Fsp3) is 0.647. The van der Waals surface area contributed by atoms with Gasteiger partial charge < -0.3 is 19.9 Å². The van der Waals surface area contributed by atoms with Gasteiger partial charge in [0, 0.05) is 25.3 Å². The van der Waals surface area contributed by atoms with Gasteiger partial charge in [0.15, 0.2) is 0 Å². The van der Waals surface area contributed by atoms with Crippen molar-refractivity contribution < 1.29 is 19.0 Å². The van der Waals surface area contributed by atoms with Crippen LogP contribution < -0.4 is 5.32 Å². The molecule has 0 radical (unpaired) electrons. The summed E-state index contributed by atoms with van der Waals surface area (Å²) in [5, 5.41) is 14.6. The van der Waals surface area contributed by atoms with Crippen molar-refractivity contribution in [2.24, 2.45) is 5.92 Å². The van der Waals surface area contributed by atoms with Crippen LogP contribution in [0.3, 0.4) is 0 Å². The summed E-state index contributed by atoms with van der Waals surface area (Å²) in [5.41, 5.74) is -0.0667. The van der Waals surface area contributed by atoms with Gasteiger partial charge in [-0.05, 0) is 49.9 Å². The maximum absolute atomic E-state index is 13.0. The molecular formula is C17H24FNO3. The Hall–Kier alpha value is -1.17. The number of anilines is 1. The van der Waals surface area contributed by atoms with Crippen LogP contribution in [0.1, 0.15) is 25.7 Å². The molecule has 5 heteroatoms. The predicted molar refractivity (Wildman–Crippen MR) is 82.3 cm³/mol. The highest BCUT2D eigenvalue weighted by Crippen LogP contribution is 2.42. The molecule has 0 spiro atoms. The highest BCUT2D eigenvalue weighted by atomic mass is 19.1. The van der Waals surface area contributed by atoms with E-state index in [4.69, 9.17) is 9.47 Å². The molecule has 2 fully saturated rings. The maximum Gasteiger partial charge on any atom is 0.123 e. The highest BCUT2D eigenvalue weighted by molar-refractivity contribution is 5.45. The Labute approximate surface area is 130 Å². The van der Waals surface area contributed by atoms with Crippen molar-refractivity contribution in [1.82, 2.24) is 0 Å². The Balaban J connectivity index is 1.78.